The predicted octanol–water partition coefficient (Wildman–Crippen LogP) is 1.68. The lowest BCUT2D eigenvalue weighted by Gasteiger charge is -2.46. The quantitative estimate of drug-likeness (QED) is 0.743. The Morgan fingerprint density at radius 3 is 2.67 bits per heavy atom. The molecule has 0 saturated heterocycles. The molecule has 0 atom stereocenters. The topological polar surface area (TPSA) is 46.3 Å². The Bertz CT molecular complexity index is 357. The van der Waals surface area contributed by atoms with Gasteiger partial charge in [0.2, 0.25) is 5.91 Å². The lowest BCUT2D eigenvalue weighted by atomic mass is 9.83. The molecule has 1 saturated carbocycles. The van der Waals surface area contributed by atoms with Crippen LogP contribution in [0.2, 0.25) is 0 Å². The largest absolute Gasteiger partial charge is 0.308 e. The van der Waals surface area contributed by atoms with Crippen molar-refractivity contribution in [1.82, 2.24) is 0 Å². The molecular weight excluding hydrogens is 188 g/mol. The summed E-state index contributed by atoms with van der Waals surface area (Å²) in [5.41, 5.74) is 6.45. The van der Waals surface area contributed by atoms with Crippen LogP contribution in [0, 0.1) is 6.07 Å². The zero-order chi connectivity index (χ0) is 10.9. The molecule has 0 heterocycles. The second-order valence-electron chi connectivity index (χ2n) is 4.06. The molecule has 1 aliphatic carbocycles. The Morgan fingerprint density at radius 1 is 1.53 bits per heavy atom. The number of nitrogens with two attached hydrogens (primary N) is 1. The van der Waals surface area contributed by atoms with Crippen LogP contribution >= 0.6 is 0 Å². The number of para-hydroxylation sites is 1. The van der Waals surface area contributed by atoms with Gasteiger partial charge in [0, 0.05) is 13.0 Å². The molecule has 1 aliphatic rings. The molecule has 1 aromatic rings. The van der Waals surface area contributed by atoms with E-state index in [4.69, 9.17) is 5.73 Å². The molecule has 1 amide bonds. The summed E-state index contributed by atoms with van der Waals surface area (Å²) < 4.78 is 0. The normalized spacial score (nSPS) is 18.0. The fraction of sp³-hybridized carbons (Fsp3) is 0.417. The first-order chi connectivity index (χ1) is 7.13. The van der Waals surface area contributed by atoms with Crippen molar-refractivity contribution in [3.05, 3.63) is 30.3 Å². The van der Waals surface area contributed by atoms with Gasteiger partial charge in [-0.15, -0.1) is 0 Å². The average molecular weight is 203 g/mol. The molecule has 1 radical (unpaired) electrons. The SMILES string of the molecule is CC(=O)N(c1[c]cccc1)C1(N)CCC1. The summed E-state index contributed by atoms with van der Waals surface area (Å²) in [6, 6.07) is 10.5. The second kappa shape index (κ2) is 3.66. The molecule has 1 fully saturated rings. The third-order valence-electron chi connectivity index (χ3n) is 2.91. The van der Waals surface area contributed by atoms with E-state index in [2.05, 4.69) is 6.07 Å². The number of benzene rings is 1. The Balaban J connectivity index is 2.32. The minimum absolute atomic E-state index is 0.0142. The first-order valence-corrected chi connectivity index (χ1v) is 5.20. The van der Waals surface area contributed by atoms with Crippen LogP contribution in [0.4, 0.5) is 5.69 Å². The van der Waals surface area contributed by atoms with Gasteiger partial charge in [-0.1, -0.05) is 18.2 Å². The van der Waals surface area contributed by atoms with E-state index in [0.29, 0.717) is 0 Å². The molecule has 0 bridgehead atoms. The summed E-state index contributed by atoms with van der Waals surface area (Å²) in [4.78, 5) is 13.3. The predicted molar refractivity (Wildman–Crippen MR) is 59.2 cm³/mol. The van der Waals surface area contributed by atoms with Crippen LogP contribution in [0.25, 0.3) is 0 Å². The van der Waals surface area contributed by atoms with Gasteiger partial charge >= 0.3 is 0 Å². The van der Waals surface area contributed by atoms with Crippen molar-refractivity contribution in [2.24, 2.45) is 5.73 Å². The summed E-state index contributed by atoms with van der Waals surface area (Å²) in [6.45, 7) is 1.55. The Hall–Kier alpha value is -1.35. The van der Waals surface area contributed by atoms with Gasteiger partial charge in [-0.25, -0.2) is 0 Å². The van der Waals surface area contributed by atoms with Crippen molar-refractivity contribution in [1.29, 1.82) is 0 Å². The van der Waals surface area contributed by atoms with Gasteiger partial charge in [0.1, 0.15) is 0 Å². The Labute approximate surface area is 89.9 Å². The fourth-order valence-electron chi connectivity index (χ4n) is 2.01. The van der Waals surface area contributed by atoms with Crippen LogP contribution in [-0.2, 0) is 4.79 Å². The highest BCUT2D eigenvalue weighted by molar-refractivity contribution is 5.92. The molecule has 15 heavy (non-hydrogen) atoms. The van der Waals surface area contributed by atoms with Crippen LogP contribution in [0.5, 0.6) is 0 Å². The number of carbonyl (C=O) groups excluding carboxylic acids is 1. The summed E-state index contributed by atoms with van der Waals surface area (Å²) in [5, 5.41) is 0. The standard InChI is InChI=1S/C12H15N2O/c1-10(15)14(12(13)8-5-9-12)11-6-3-2-4-7-11/h2-4,6H,5,8-9,13H2,1H3. The maximum Gasteiger partial charge on any atom is 0.225 e. The number of amides is 1. The molecule has 1 aromatic carbocycles. The molecule has 3 heteroatoms. The van der Waals surface area contributed by atoms with Gasteiger partial charge in [-0.3, -0.25) is 9.69 Å². The van der Waals surface area contributed by atoms with E-state index < -0.39 is 5.66 Å². The van der Waals surface area contributed by atoms with Crippen molar-refractivity contribution >= 4 is 11.6 Å². The average Bonchev–Trinajstić information content (AvgIpc) is 2.16. The highest BCUT2D eigenvalue weighted by Gasteiger charge is 2.41. The van der Waals surface area contributed by atoms with E-state index in [1.807, 2.05) is 18.2 Å². The van der Waals surface area contributed by atoms with Crippen molar-refractivity contribution in [2.75, 3.05) is 4.90 Å². The van der Waals surface area contributed by atoms with Gasteiger partial charge < -0.3 is 5.73 Å². The van der Waals surface area contributed by atoms with E-state index in [9.17, 15) is 4.79 Å². The van der Waals surface area contributed by atoms with Crippen molar-refractivity contribution in [2.45, 2.75) is 31.8 Å². The smallest absolute Gasteiger partial charge is 0.225 e. The Kier molecular flexibility index (Phi) is 2.49. The third kappa shape index (κ3) is 1.75. The van der Waals surface area contributed by atoms with Gasteiger partial charge in [-0.05, 0) is 25.3 Å². The third-order valence-corrected chi connectivity index (χ3v) is 2.91. The maximum atomic E-state index is 11.6. The number of nitrogens with zero attached hydrogens (tertiary/aromatic N) is 1. The number of anilines is 1. The molecule has 0 spiro atoms. The first kappa shape index (κ1) is 10.2. The van der Waals surface area contributed by atoms with Crippen molar-refractivity contribution in [3.63, 3.8) is 0 Å². The van der Waals surface area contributed by atoms with Crippen molar-refractivity contribution < 1.29 is 4.79 Å². The van der Waals surface area contributed by atoms with E-state index >= 15 is 0 Å². The number of hydrogen-bond donors (Lipinski definition) is 1. The first-order valence-electron chi connectivity index (χ1n) is 5.20. The van der Waals surface area contributed by atoms with E-state index in [1.54, 1.807) is 17.9 Å². The molecule has 2 rings (SSSR count). The minimum Gasteiger partial charge on any atom is -0.308 e. The molecular formula is C12H15N2O. The molecule has 0 aliphatic heterocycles. The summed E-state index contributed by atoms with van der Waals surface area (Å²) in [5.74, 6) is -0.0142. The number of rotatable bonds is 2. The zero-order valence-electron chi connectivity index (χ0n) is 8.86. The Morgan fingerprint density at radius 2 is 2.27 bits per heavy atom. The van der Waals surface area contributed by atoms with Crippen molar-refractivity contribution in [3.8, 4) is 0 Å². The summed E-state index contributed by atoms with van der Waals surface area (Å²) in [6.07, 6.45) is 2.83. The number of hydrogen-bond acceptors (Lipinski definition) is 2. The fourth-order valence-corrected chi connectivity index (χ4v) is 2.01. The van der Waals surface area contributed by atoms with Crippen LogP contribution in [0.3, 0.4) is 0 Å². The van der Waals surface area contributed by atoms with Gasteiger partial charge in [0.25, 0.3) is 0 Å². The zero-order valence-corrected chi connectivity index (χ0v) is 8.86. The van der Waals surface area contributed by atoms with Crippen LogP contribution in [0.1, 0.15) is 26.2 Å². The van der Waals surface area contributed by atoms with Crippen LogP contribution < -0.4 is 10.6 Å². The molecule has 0 aromatic heterocycles. The summed E-state index contributed by atoms with van der Waals surface area (Å²) in [7, 11) is 0. The van der Waals surface area contributed by atoms with E-state index in [-0.39, 0.29) is 5.91 Å². The minimum atomic E-state index is -0.482. The van der Waals surface area contributed by atoms with Gasteiger partial charge in [0.05, 0.1) is 11.4 Å². The highest BCUT2D eigenvalue weighted by Crippen LogP contribution is 2.35. The molecule has 3 nitrogen and oxygen atoms in total. The highest BCUT2D eigenvalue weighted by atomic mass is 16.2. The molecule has 0 unspecified atom stereocenters. The monoisotopic (exact) mass is 203 g/mol. The van der Waals surface area contributed by atoms with Gasteiger partial charge in [-0.2, -0.15) is 0 Å². The lowest BCUT2D eigenvalue weighted by Crippen LogP contribution is -2.62. The lowest BCUT2D eigenvalue weighted by molar-refractivity contribution is -0.118. The van der Waals surface area contributed by atoms with Crippen LogP contribution in [-0.4, -0.2) is 11.6 Å². The maximum absolute atomic E-state index is 11.6. The van der Waals surface area contributed by atoms with Crippen LogP contribution in [0.15, 0.2) is 24.3 Å². The molecule has 2 N–H and O–H groups in total. The number of carbonyl (C=O) groups is 1. The van der Waals surface area contributed by atoms with Gasteiger partial charge in [0.15, 0.2) is 0 Å². The van der Waals surface area contributed by atoms with E-state index in [1.165, 1.54) is 0 Å². The molecule has 79 valence electrons. The second-order valence-corrected chi connectivity index (χ2v) is 4.06. The summed E-state index contributed by atoms with van der Waals surface area (Å²) >= 11 is 0. The van der Waals surface area contributed by atoms with E-state index in [0.717, 1.165) is 24.9 Å².